The van der Waals surface area contributed by atoms with E-state index in [0.29, 0.717) is 5.03 Å². The van der Waals surface area contributed by atoms with Crippen LogP contribution in [0.25, 0.3) is 0 Å². The first-order valence-electron chi connectivity index (χ1n) is 2.89. The summed E-state index contributed by atoms with van der Waals surface area (Å²) < 4.78 is 0. The Hall–Kier alpha value is -0.200. The Balaban J connectivity index is 4.22. The van der Waals surface area contributed by atoms with Crippen molar-refractivity contribution < 1.29 is 0 Å². The quantitative estimate of drug-likeness (QED) is 0.562. The second kappa shape index (κ2) is 4.59. The largest absolute Gasteiger partial charge is 0.0895 e. The molecule has 0 amide bonds. The van der Waals surface area contributed by atoms with E-state index in [4.69, 9.17) is 23.2 Å². The third-order valence-electron chi connectivity index (χ3n) is 0.811. The molecular formula is C8H10Cl2. The molecule has 0 saturated heterocycles. The van der Waals surface area contributed by atoms with E-state index in [1.807, 2.05) is 19.9 Å². The molecule has 0 aliphatic heterocycles. The summed E-state index contributed by atoms with van der Waals surface area (Å²) in [6.45, 7) is 7.25. The first kappa shape index (κ1) is 9.80. The van der Waals surface area contributed by atoms with Gasteiger partial charge < -0.3 is 0 Å². The summed E-state index contributed by atoms with van der Waals surface area (Å²) in [7, 11) is 0. The summed E-state index contributed by atoms with van der Waals surface area (Å²) in [5.41, 5.74) is 1.01. The molecule has 0 aromatic carbocycles. The van der Waals surface area contributed by atoms with Gasteiger partial charge in [0.05, 0.1) is 0 Å². The fourth-order valence-electron chi connectivity index (χ4n) is 0.602. The summed E-state index contributed by atoms with van der Waals surface area (Å²) in [5, 5.41) is 1.26. The van der Waals surface area contributed by atoms with Gasteiger partial charge in [0.25, 0.3) is 0 Å². The third-order valence-corrected chi connectivity index (χ3v) is 1.03. The predicted octanol–water partition coefficient (Wildman–Crippen LogP) is 3.83. The van der Waals surface area contributed by atoms with E-state index in [1.165, 1.54) is 0 Å². The van der Waals surface area contributed by atoms with Crippen molar-refractivity contribution in [3.63, 3.8) is 0 Å². The summed E-state index contributed by atoms with van der Waals surface area (Å²) >= 11 is 11.1. The van der Waals surface area contributed by atoms with Gasteiger partial charge in [0, 0.05) is 10.1 Å². The van der Waals surface area contributed by atoms with Crippen LogP contribution in [0.1, 0.15) is 13.8 Å². The molecule has 0 aromatic rings. The number of halogens is 2. The minimum absolute atomic E-state index is 0.520. The molecule has 0 saturated carbocycles. The van der Waals surface area contributed by atoms with Gasteiger partial charge in [0.15, 0.2) is 0 Å². The lowest BCUT2D eigenvalue weighted by Crippen LogP contribution is -1.69. The zero-order chi connectivity index (χ0) is 8.15. The highest BCUT2D eigenvalue weighted by molar-refractivity contribution is 6.31. The summed E-state index contributed by atoms with van der Waals surface area (Å²) in [6.07, 6.45) is 3.59. The van der Waals surface area contributed by atoms with Crippen LogP contribution < -0.4 is 0 Å². The Labute approximate surface area is 71.8 Å². The van der Waals surface area contributed by atoms with Gasteiger partial charge in [-0.25, -0.2) is 0 Å². The van der Waals surface area contributed by atoms with Crippen molar-refractivity contribution in [2.75, 3.05) is 0 Å². The first-order valence-corrected chi connectivity index (χ1v) is 3.64. The molecule has 0 spiro atoms. The highest BCUT2D eigenvalue weighted by atomic mass is 35.5. The van der Waals surface area contributed by atoms with E-state index in [0.717, 1.165) is 10.6 Å². The van der Waals surface area contributed by atoms with Crippen LogP contribution in [0.5, 0.6) is 0 Å². The van der Waals surface area contributed by atoms with Crippen molar-refractivity contribution >= 4 is 23.2 Å². The van der Waals surface area contributed by atoms with E-state index in [2.05, 4.69) is 6.58 Å². The van der Waals surface area contributed by atoms with Crippen molar-refractivity contribution in [2.45, 2.75) is 13.8 Å². The molecule has 0 bridgehead atoms. The highest BCUT2D eigenvalue weighted by Crippen LogP contribution is 2.09. The Morgan fingerprint density at radius 3 is 2.00 bits per heavy atom. The van der Waals surface area contributed by atoms with Gasteiger partial charge in [0.1, 0.15) is 0 Å². The van der Waals surface area contributed by atoms with E-state index in [9.17, 15) is 0 Å². The average molecular weight is 177 g/mol. The van der Waals surface area contributed by atoms with Crippen LogP contribution in [0.15, 0.2) is 34.4 Å². The van der Waals surface area contributed by atoms with Crippen molar-refractivity contribution in [2.24, 2.45) is 0 Å². The fourth-order valence-corrected chi connectivity index (χ4v) is 0.947. The molecule has 0 rings (SSSR count). The van der Waals surface area contributed by atoms with E-state index >= 15 is 0 Å². The monoisotopic (exact) mass is 176 g/mol. The van der Waals surface area contributed by atoms with Crippen molar-refractivity contribution in [1.82, 2.24) is 0 Å². The molecule has 0 nitrogen and oxygen atoms in total. The first-order chi connectivity index (χ1) is 4.52. The summed E-state index contributed by atoms with van der Waals surface area (Å²) in [5.74, 6) is 0. The molecule has 2 heteroatoms. The van der Waals surface area contributed by atoms with Crippen LogP contribution in [0.2, 0.25) is 0 Å². The van der Waals surface area contributed by atoms with Gasteiger partial charge >= 0.3 is 0 Å². The van der Waals surface area contributed by atoms with Crippen molar-refractivity contribution in [1.29, 1.82) is 0 Å². The zero-order valence-corrected chi connectivity index (χ0v) is 7.63. The Kier molecular flexibility index (Phi) is 4.50. The Bertz CT molecular complexity index is 183. The highest BCUT2D eigenvalue weighted by Gasteiger charge is 1.85. The van der Waals surface area contributed by atoms with Crippen LogP contribution in [0.4, 0.5) is 0 Å². The van der Waals surface area contributed by atoms with E-state index in [1.54, 1.807) is 6.08 Å². The second-order valence-electron chi connectivity index (χ2n) is 2.07. The molecule has 0 aliphatic carbocycles. The minimum Gasteiger partial charge on any atom is -0.0895 e. The number of rotatable bonds is 2. The molecule has 0 aliphatic rings. The summed E-state index contributed by atoms with van der Waals surface area (Å²) in [6, 6.07) is 0. The molecule has 0 atom stereocenters. The standard InChI is InChI=1S/C8H10Cl2/c1-6(4-7(2)9)5-8(3)10/h4-5H,2H2,1,3H3/b6-4-,8-5+. The number of hydrogen-bond donors (Lipinski definition) is 0. The maximum absolute atomic E-state index is 5.60. The van der Waals surface area contributed by atoms with Gasteiger partial charge in [-0.3, -0.25) is 0 Å². The van der Waals surface area contributed by atoms with Gasteiger partial charge in [-0.15, -0.1) is 0 Å². The lowest BCUT2D eigenvalue weighted by atomic mass is 10.2. The maximum atomic E-state index is 5.60. The maximum Gasteiger partial charge on any atom is 0.0336 e. The molecule has 0 heterocycles. The third kappa shape index (κ3) is 5.93. The molecule has 0 unspecified atom stereocenters. The smallest absolute Gasteiger partial charge is 0.0336 e. The molecular weight excluding hydrogens is 167 g/mol. The summed E-state index contributed by atoms with van der Waals surface area (Å²) in [4.78, 5) is 0. The zero-order valence-electron chi connectivity index (χ0n) is 6.12. The van der Waals surface area contributed by atoms with Crippen molar-refractivity contribution in [3.05, 3.63) is 34.4 Å². The van der Waals surface area contributed by atoms with E-state index in [-0.39, 0.29) is 0 Å². The average Bonchev–Trinajstić information content (AvgIpc) is 1.58. The number of allylic oxidation sites excluding steroid dienone is 5. The van der Waals surface area contributed by atoms with Crippen LogP contribution in [-0.4, -0.2) is 0 Å². The van der Waals surface area contributed by atoms with Crippen LogP contribution in [0.3, 0.4) is 0 Å². The lowest BCUT2D eigenvalue weighted by molar-refractivity contribution is 1.48. The second-order valence-corrected chi connectivity index (χ2v) is 3.15. The SMILES string of the molecule is C=C(Cl)/C=C(C)\C=C(/C)Cl. The van der Waals surface area contributed by atoms with Gasteiger partial charge in [0.2, 0.25) is 0 Å². The minimum atomic E-state index is 0.520. The van der Waals surface area contributed by atoms with Crippen LogP contribution in [-0.2, 0) is 0 Å². The Morgan fingerprint density at radius 1 is 1.20 bits per heavy atom. The predicted molar refractivity (Wildman–Crippen MR) is 48.4 cm³/mol. The molecule has 0 fully saturated rings. The number of hydrogen-bond acceptors (Lipinski definition) is 0. The fraction of sp³-hybridized carbons (Fsp3) is 0.250. The van der Waals surface area contributed by atoms with Crippen LogP contribution in [0, 0.1) is 0 Å². The van der Waals surface area contributed by atoms with Crippen molar-refractivity contribution in [3.8, 4) is 0 Å². The van der Waals surface area contributed by atoms with E-state index < -0.39 is 0 Å². The molecule has 0 aromatic heterocycles. The molecule has 0 N–H and O–H groups in total. The van der Waals surface area contributed by atoms with Gasteiger partial charge in [-0.05, 0) is 31.6 Å². The lowest BCUT2D eigenvalue weighted by Gasteiger charge is -1.90. The molecule has 0 radical (unpaired) electrons. The molecule has 10 heavy (non-hydrogen) atoms. The van der Waals surface area contributed by atoms with Gasteiger partial charge in [-0.2, -0.15) is 0 Å². The Morgan fingerprint density at radius 2 is 1.70 bits per heavy atom. The van der Waals surface area contributed by atoms with Crippen LogP contribution >= 0.6 is 23.2 Å². The van der Waals surface area contributed by atoms with Gasteiger partial charge in [-0.1, -0.05) is 29.8 Å². The molecule has 56 valence electrons. The topological polar surface area (TPSA) is 0 Å². The normalized spacial score (nSPS) is 13.6.